The van der Waals surface area contributed by atoms with Gasteiger partial charge >= 0.3 is 11.9 Å². The van der Waals surface area contributed by atoms with Crippen molar-refractivity contribution >= 4 is 11.9 Å². The third-order valence-corrected chi connectivity index (χ3v) is 4.66. The van der Waals surface area contributed by atoms with Gasteiger partial charge < -0.3 is 9.47 Å². The molecule has 0 aliphatic carbocycles. The van der Waals surface area contributed by atoms with Crippen LogP contribution in [0.1, 0.15) is 45.4 Å². The van der Waals surface area contributed by atoms with Gasteiger partial charge in [-0.25, -0.2) is 0 Å². The van der Waals surface area contributed by atoms with E-state index in [0.29, 0.717) is 26.3 Å². The summed E-state index contributed by atoms with van der Waals surface area (Å²) in [5.74, 6) is -0.326. The second-order valence-electron chi connectivity index (χ2n) is 7.14. The van der Waals surface area contributed by atoms with Crippen molar-refractivity contribution in [2.75, 3.05) is 52.5 Å². The van der Waals surface area contributed by atoms with E-state index in [1.807, 2.05) is 6.92 Å². The first-order valence-electron chi connectivity index (χ1n) is 9.39. The minimum absolute atomic E-state index is 0.0283. The average molecular weight is 340 g/mol. The molecule has 2 aliphatic heterocycles. The number of ether oxygens (including phenoxy) is 2. The number of rotatable bonds is 8. The van der Waals surface area contributed by atoms with E-state index in [0.717, 1.165) is 51.9 Å². The van der Waals surface area contributed by atoms with Crippen LogP contribution in [0.15, 0.2) is 0 Å². The Bertz CT molecular complexity index is 354. The molecule has 0 unspecified atom stereocenters. The standard InChI is InChI=1S/C18H32N2O4/c1-16(14-23-17(21)12-19-8-4-2-5-9-19)15-24-18(22)13-20-10-6-3-7-11-20/h16H,2-15H2,1H3. The zero-order valence-electron chi connectivity index (χ0n) is 15.0. The molecule has 0 aromatic carbocycles. The molecule has 2 fully saturated rings. The van der Waals surface area contributed by atoms with E-state index in [4.69, 9.17) is 9.47 Å². The van der Waals surface area contributed by atoms with Gasteiger partial charge in [0.25, 0.3) is 0 Å². The van der Waals surface area contributed by atoms with Crippen molar-refractivity contribution in [3.63, 3.8) is 0 Å². The van der Waals surface area contributed by atoms with Crippen LogP contribution >= 0.6 is 0 Å². The summed E-state index contributed by atoms with van der Waals surface area (Å²) in [7, 11) is 0. The van der Waals surface area contributed by atoms with E-state index in [9.17, 15) is 9.59 Å². The number of carbonyl (C=O) groups is 2. The lowest BCUT2D eigenvalue weighted by Gasteiger charge is -2.26. The predicted molar refractivity (Wildman–Crippen MR) is 91.7 cm³/mol. The monoisotopic (exact) mass is 340 g/mol. The Balaban J connectivity index is 1.52. The van der Waals surface area contributed by atoms with Crippen molar-refractivity contribution in [1.82, 2.24) is 9.80 Å². The van der Waals surface area contributed by atoms with Crippen LogP contribution in [0.2, 0.25) is 0 Å². The molecule has 2 heterocycles. The van der Waals surface area contributed by atoms with Crippen LogP contribution in [0.5, 0.6) is 0 Å². The fourth-order valence-corrected chi connectivity index (χ4v) is 3.21. The third-order valence-electron chi connectivity index (χ3n) is 4.66. The summed E-state index contributed by atoms with van der Waals surface area (Å²) < 4.78 is 10.6. The van der Waals surface area contributed by atoms with Crippen molar-refractivity contribution in [3.8, 4) is 0 Å². The molecule has 0 amide bonds. The number of hydrogen-bond acceptors (Lipinski definition) is 6. The Kier molecular flexibility index (Phi) is 8.53. The van der Waals surface area contributed by atoms with Gasteiger partial charge in [0, 0.05) is 5.92 Å². The van der Waals surface area contributed by atoms with E-state index >= 15 is 0 Å². The number of hydrogen-bond donors (Lipinski definition) is 0. The van der Waals surface area contributed by atoms with Crippen LogP contribution in [0.3, 0.4) is 0 Å². The lowest BCUT2D eigenvalue weighted by Crippen LogP contribution is -2.36. The molecule has 2 saturated heterocycles. The highest BCUT2D eigenvalue weighted by molar-refractivity contribution is 5.72. The van der Waals surface area contributed by atoms with E-state index in [2.05, 4.69) is 9.80 Å². The van der Waals surface area contributed by atoms with Crippen molar-refractivity contribution in [2.24, 2.45) is 5.92 Å². The lowest BCUT2D eigenvalue weighted by molar-refractivity contribution is -0.150. The van der Waals surface area contributed by atoms with Gasteiger partial charge in [-0.05, 0) is 51.9 Å². The molecule has 138 valence electrons. The predicted octanol–water partition coefficient (Wildman–Crippen LogP) is 1.68. The smallest absolute Gasteiger partial charge is 0.320 e. The molecule has 6 nitrogen and oxygen atoms in total. The van der Waals surface area contributed by atoms with Crippen molar-refractivity contribution in [2.45, 2.75) is 45.4 Å². The normalized spacial score (nSPS) is 20.1. The van der Waals surface area contributed by atoms with Crippen LogP contribution < -0.4 is 0 Å². The number of esters is 2. The number of likely N-dealkylation sites (tertiary alicyclic amines) is 2. The highest BCUT2D eigenvalue weighted by atomic mass is 16.5. The van der Waals surface area contributed by atoms with E-state index < -0.39 is 0 Å². The highest BCUT2D eigenvalue weighted by Crippen LogP contribution is 2.09. The number of nitrogens with zero attached hydrogens (tertiary/aromatic N) is 2. The molecule has 0 radical (unpaired) electrons. The molecule has 6 heteroatoms. The first kappa shape index (κ1) is 19.2. The van der Waals surface area contributed by atoms with Crippen molar-refractivity contribution in [3.05, 3.63) is 0 Å². The summed E-state index contributed by atoms with van der Waals surface area (Å²) >= 11 is 0. The summed E-state index contributed by atoms with van der Waals surface area (Å²) in [6.07, 6.45) is 7.16. The largest absolute Gasteiger partial charge is 0.464 e. The first-order chi connectivity index (χ1) is 11.6. The van der Waals surface area contributed by atoms with Crippen LogP contribution in [0, 0.1) is 5.92 Å². The van der Waals surface area contributed by atoms with Gasteiger partial charge in [0.05, 0.1) is 26.3 Å². The van der Waals surface area contributed by atoms with Gasteiger partial charge in [0.2, 0.25) is 0 Å². The maximum atomic E-state index is 11.8. The quantitative estimate of drug-likeness (QED) is 0.627. The van der Waals surface area contributed by atoms with Gasteiger partial charge in [-0.2, -0.15) is 0 Å². The minimum atomic E-state index is -0.177. The molecule has 0 bridgehead atoms. The van der Waals surface area contributed by atoms with Gasteiger partial charge in [-0.1, -0.05) is 19.8 Å². The summed E-state index contributed by atoms with van der Waals surface area (Å²) in [6, 6.07) is 0. The molecule has 0 atom stereocenters. The van der Waals surface area contributed by atoms with E-state index in [-0.39, 0.29) is 17.9 Å². The van der Waals surface area contributed by atoms with Crippen molar-refractivity contribution in [1.29, 1.82) is 0 Å². The van der Waals surface area contributed by atoms with E-state index in [1.165, 1.54) is 12.8 Å². The molecular weight excluding hydrogens is 308 g/mol. The van der Waals surface area contributed by atoms with Gasteiger partial charge in [-0.3, -0.25) is 19.4 Å². The van der Waals surface area contributed by atoms with Crippen LogP contribution in [0.25, 0.3) is 0 Å². The van der Waals surface area contributed by atoms with Crippen LogP contribution in [0.4, 0.5) is 0 Å². The minimum Gasteiger partial charge on any atom is -0.464 e. The zero-order chi connectivity index (χ0) is 17.2. The third kappa shape index (κ3) is 7.62. The summed E-state index contributed by atoms with van der Waals surface area (Å²) in [4.78, 5) is 28.0. The summed E-state index contributed by atoms with van der Waals surface area (Å²) in [5, 5.41) is 0. The Morgan fingerprint density at radius 2 is 1.12 bits per heavy atom. The molecule has 2 rings (SSSR count). The van der Waals surface area contributed by atoms with Crippen molar-refractivity contribution < 1.29 is 19.1 Å². The molecule has 2 aliphatic rings. The molecule has 0 N–H and O–H groups in total. The zero-order valence-corrected chi connectivity index (χ0v) is 15.0. The Morgan fingerprint density at radius 3 is 1.50 bits per heavy atom. The molecule has 0 saturated carbocycles. The molecule has 0 spiro atoms. The number of carbonyl (C=O) groups excluding carboxylic acids is 2. The van der Waals surface area contributed by atoms with Crippen LogP contribution in [-0.2, 0) is 19.1 Å². The van der Waals surface area contributed by atoms with Gasteiger partial charge in [0.15, 0.2) is 0 Å². The number of piperidine rings is 2. The first-order valence-corrected chi connectivity index (χ1v) is 9.39. The van der Waals surface area contributed by atoms with Crippen LogP contribution in [-0.4, -0.2) is 74.2 Å². The van der Waals surface area contributed by atoms with Gasteiger partial charge in [-0.15, -0.1) is 0 Å². The Labute approximate surface area is 145 Å². The molecule has 0 aromatic heterocycles. The van der Waals surface area contributed by atoms with Gasteiger partial charge in [0.1, 0.15) is 0 Å². The second-order valence-corrected chi connectivity index (χ2v) is 7.14. The maximum Gasteiger partial charge on any atom is 0.320 e. The molecule has 0 aromatic rings. The molecule has 24 heavy (non-hydrogen) atoms. The lowest BCUT2D eigenvalue weighted by atomic mass is 10.1. The topological polar surface area (TPSA) is 59.1 Å². The summed E-state index contributed by atoms with van der Waals surface area (Å²) in [6.45, 7) is 7.24. The fraction of sp³-hybridized carbons (Fsp3) is 0.889. The SMILES string of the molecule is CC(COC(=O)CN1CCCCC1)COC(=O)CN1CCCCC1. The highest BCUT2D eigenvalue weighted by Gasteiger charge is 2.17. The van der Waals surface area contributed by atoms with E-state index in [1.54, 1.807) is 0 Å². The second kappa shape index (κ2) is 10.7. The average Bonchev–Trinajstić information content (AvgIpc) is 2.60. The Morgan fingerprint density at radius 1 is 0.750 bits per heavy atom. The molecular formula is C18H32N2O4. The summed E-state index contributed by atoms with van der Waals surface area (Å²) in [5.41, 5.74) is 0. The Hall–Kier alpha value is -1.14. The fourth-order valence-electron chi connectivity index (χ4n) is 3.21. The maximum absolute atomic E-state index is 11.8.